The second-order valence-corrected chi connectivity index (χ2v) is 5.14. The first kappa shape index (κ1) is 17.1. The standard InChI is InChI=1S/C16H24N2O3/c1-2-3-4-5-6-7-11-14(16(20)21)18-15(19)13-10-8-9-12-17-13/h8-10,12,14H,2-7,11H2,1H3,(H,18,19)(H,20,21)/t14-/m1/s1. The van der Waals surface area contributed by atoms with E-state index in [2.05, 4.69) is 17.2 Å². The van der Waals surface area contributed by atoms with Gasteiger partial charge in [0.2, 0.25) is 0 Å². The van der Waals surface area contributed by atoms with Gasteiger partial charge in [0, 0.05) is 6.20 Å². The maximum absolute atomic E-state index is 11.9. The minimum Gasteiger partial charge on any atom is -0.480 e. The van der Waals surface area contributed by atoms with E-state index in [9.17, 15) is 14.7 Å². The fraction of sp³-hybridized carbons (Fsp3) is 0.562. The van der Waals surface area contributed by atoms with Crippen LogP contribution >= 0.6 is 0 Å². The summed E-state index contributed by atoms with van der Waals surface area (Å²) in [6, 6.07) is 4.14. The molecule has 2 N–H and O–H groups in total. The van der Waals surface area contributed by atoms with E-state index in [-0.39, 0.29) is 5.69 Å². The Hall–Kier alpha value is -1.91. The summed E-state index contributed by atoms with van der Waals surface area (Å²) in [7, 11) is 0. The third-order valence-electron chi connectivity index (χ3n) is 3.35. The molecule has 5 nitrogen and oxygen atoms in total. The van der Waals surface area contributed by atoms with Crippen LogP contribution in [0.5, 0.6) is 0 Å². The number of nitrogens with one attached hydrogen (secondary N) is 1. The Morgan fingerprint density at radius 3 is 2.52 bits per heavy atom. The van der Waals surface area contributed by atoms with E-state index < -0.39 is 17.9 Å². The fourth-order valence-electron chi connectivity index (χ4n) is 2.12. The van der Waals surface area contributed by atoms with Crippen molar-refractivity contribution in [2.45, 2.75) is 57.9 Å². The minimum atomic E-state index is -0.993. The highest BCUT2D eigenvalue weighted by Gasteiger charge is 2.20. The van der Waals surface area contributed by atoms with Crippen LogP contribution in [0.4, 0.5) is 0 Å². The molecule has 1 aromatic heterocycles. The van der Waals surface area contributed by atoms with Crippen molar-refractivity contribution in [1.82, 2.24) is 10.3 Å². The van der Waals surface area contributed by atoms with Crippen molar-refractivity contribution >= 4 is 11.9 Å². The molecule has 5 heteroatoms. The predicted molar refractivity (Wildman–Crippen MR) is 81.1 cm³/mol. The van der Waals surface area contributed by atoms with E-state index in [4.69, 9.17) is 0 Å². The highest BCUT2D eigenvalue weighted by atomic mass is 16.4. The average molecular weight is 292 g/mol. The number of carboxylic acids is 1. The van der Waals surface area contributed by atoms with E-state index in [1.165, 1.54) is 25.5 Å². The van der Waals surface area contributed by atoms with Gasteiger partial charge in [0.05, 0.1) is 0 Å². The van der Waals surface area contributed by atoms with E-state index in [0.717, 1.165) is 19.3 Å². The lowest BCUT2D eigenvalue weighted by Crippen LogP contribution is -2.41. The second-order valence-electron chi connectivity index (χ2n) is 5.14. The van der Waals surface area contributed by atoms with Crippen LogP contribution in [-0.2, 0) is 4.79 Å². The van der Waals surface area contributed by atoms with Gasteiger partial charge < -0.3 is 10.4 Å². The summed E-state index contributed by atoms with van der Waals surface area (Å²) in [5, 5.41) is 11.7. The zero-order valence-corrected chi connectivity index (χ0v) is 12.5. The molecule has 0 unspecified atom stereocenters. The average Bonchev–Trinajstić information content (AvgIpc) is 2.50. The molecule has 0 aromatic carbocycles. The van der Waals surface area contributed by atoms with Gasteiger partial charge in [-0.25, -0.2) is 4.79 Å². The molecule has 116 valence electrons. The Bertz CT molecular complexity index is 434. The lowest BCUT2D eigenvalue weighted by molar-refractivity contribution is -0.139. The van der Waals surface area contributed by atoms with Gasteiger partial charge in [-0.05, 0) is 18.6 Å². The molecule has 0 bridgehead atoms. The zero-order valence-electron chi connectivity index (χ0n) is 12.5. The largest absolute Gasteiger partial charge is 0.480 e. The van der Waals surface area contributed by atoms with Gasteiger partial charge >= 0.3 is 5.97 Å². The van der Waals surface area contributed by atoms with Crippen molar-refractivity contribution in [1.29, 1.82) is 0 Å². The first-order valence-corrected chi connectivity index (χ1v) is 7.60. The monoisotopic (exact) mass is 292 g/mol. The summed E-state index contributed by atoms with van der Waals surface area (Å²) in [6.45, 7) is 2.16. The Labute approximate surface area is 125 Å². The number of unbranched alkanes of at least 4 members (excludes halogenated alkanes) is 5. The van der Waals surface area contributed by atoms with Crippen LogP contribution in [0, 0.1) is 0 Å². The Morgan fingerprint density at radius 1 is 1.19 bits per heavy atom. The van der Waals surface area contributed by atoms with Gasteiger partial charge in [-0.15, -0.1) is 0 Å². The van der Waals surface area contributed by atoms with Crippen LogP contribution < -0.4 is 5.32 Å². The topological polar surface area (TPSA) is 79.3 Å². The van der Waals surface area contributed by atoms with E-state index in [1.54, 1.807) is 18.2 Å². The number of rotatable bonds is 10. The number of carboxylic acid groups (broad SMARTS) is 1. The van der Waals surface area contributed by atoms with E-state index in [0.29, 0.717) is 6.42 Å². The molecular formula is C16H24N2O3. The number of carbonyl (C=O) groups excluding carboxylic acids is 1. The number of pyridine rings is 1. The molecule has 0 saturated heterocycles. The molecule has 1 aromatic rings. The van der Waals surface area contributed by atoms with Crippen molar-refractivity contribution < 1.29 is 14.7 Å². The Morgan fingerprint density at radius 2 is 1.90 bits per heavy atom. The summed E-state index contributed by atoms with van der Waals surface area (Å²) < 4.78 is 0. The molecule has 1 atom stereocenters. The van der Waals surface area contributed by atoms with Crippen LogP contribution in [0.3, 0.4) is 0 Å². The zero-order chi connectivity index (χ0) is 15.5. The molecule has 1 rings (SSSR count). The molecule has 0 fully saturated rings. The summed E-state index contributed by atoms with van der Waals surface area (Å²) in [6.07, 6.45) is 8.50. The highest BCUT2D eigenvalue weighted by Crippen LogP contribution is 2.09. The maximum atomic E-state index is 11.9. The van der Waals surface area contributed by atoms with Crippen molar-refractivity contribution in [3.05, 3.63) is 30.1 Å². The van der Waals surface area contributed by atoms with Gasteiger partial charge in [-0.3, -0.25) is 9.78 Å². The quantitative estimate of drug-likeness (QED) is 0.650. The normalized spacial score (nSPS) is 11.9. The van der Waals surface area contributed by atoms with Gasteiger partial charge in [0.25, 0.3) is 5.91 Å². The van der Waals surface area contributed by atoms with Crippen LogP contribution in [0.1, 0.15) is 62.4 Å². The molecule has 0 aliphatic carbocycles. The van der Waals surface area contributed by atoms with E-state index in [1.807, 2.05) is 0 Å². The fourth-order valence-corrected chi connectivity index (χ4v) is 2.12. The molecule has 0 aliphatic rings. The molecule has 0 spiro atoms. The lowest BCUT2D eigenvalue weighted by atomic mass is 10.1. The smallest absolute Gasteiger partial charge is 0.326 e. The first-order chi connectivity index (χ1) is 10.1. The summed E-state index contributed by atoms with van der Waals surface area (Å²) in [5.41, 5.74) is 0.242. The molecule has 1 amide bonds. The van der Waals surface area contributed by atoms with Gasteiger partial charge in [0.1, 0.15) is 11.7 Å². The Balaban J connectivity index is 2.36. The number of hydrogen-bond donors (Lipinski definition) is 2. The number of amides is 1. The summed E-state index contributed by atoms with van der Waals surface area (Å²) >= 11 is 0. The third kappa shape index (κ3) is 6.88. The number of carbonyl (C=O) groups is 2. The highest BCUT2D eigenvalue weighted by molar-refractivity contribution is 5.94. The van der Waals surface area contributed by atoms with E-state index >= 15 is 0 Å². The molecule has 21 heavy (non-hydrogen) atoms. The van der Waals surface area contributed by atoms with Gasteiger partial charge in [0.15, 0.2) is 0 Å². The molecule has 1 heterocycles. The van der Waals surface area contributed by atoms with Crippen molar-refractivity contribution in [3.8, 4) is 0 Å². The van der Waals surface area contributed by atoms with Crippen LogP contribution in [0.2, 0.25) is 0 Å². The number of aromatic nitrogens is 1. The molecular weight excluding hydrogens is 268 g/mol. The first-order valence-electron chi connectivity index (χ1n) is 7.60. The lowest BCUT2D eigenvalue weighted by Gasteiger charge is -2.14. The van der Waals surface area contributed by atoms with Crippen LogP contribution in [0.15, 0.2) is 24.4 Å². The minimum absolute atomic E-state index is 0.242. The molecule has 0 radical (unpaired) electrons. The van der Waals surface area contributed by atoms with Crippen molar-refractivity contribution in [2.75, 3.05) is 0 Å². The predicted octanol–water partition coefficient (Wildman–Crippen LogP) is 3.02. The van der Waals surface area contributed by atoms with Crippen LogP contribution in [-0.4, -0.2) is 28.0 Å². The van der Waals surface area contributed by atoms with Gasteiger partial charge in [-0.1, -0.05) is 51.5 Å². The Kier molecular flexibility index (Phi) is 8.09. The maximum Gasteiger partial charge on any atom is 0.326 e. The number of aliphatic carboxylic acids is 1. The second kappa shape index (κ2) is 9.91. The SMILES string of the molecule is CCCCCCCC[C@@H](NC(=O)c1ccccn1)C(=O)O. The molecule has 0 saturated carbocycles. The van der Waals surface area contributed by atoms with Crippen molar-refractivity contribution in [3.63, 3.8) is 0 Å². The van der Waals surface area contributed by atoms with Crippen molar-refractivity contribution in [2.24, 2.45) is 0 Å². The summed E-state index contributed by atoms with van der Waals surface area (Å²) in [5.74, 6) is -1.43. The number of hydrogen-bond acceptors (Lipinski definition) is 3. The number of nitrogens with zero attached hydrogens (tertiary/aromatic N) is 1. The third-order valence-corrected chi connectivity index (χ3v) is 3.35. The summed E-state index contributed by atoms with van der Waals surface area (Å²) in [4.78, 5) is 27.0. The molecule has 0 aliphatic heterocycles. The van der Waals surface area contributed by atoms with Gasteiger partial charge in [-0.2, -0.15) is 0 Å². The van der Waals surface area contributed by atoms with Crippen LogP contribution in [0.25, 0.3) is 0 Å².